The van der Waals surface area contributed by atoms with Gasteiger partial charge in [0.1, 0.15) is 5.76 Å². The first kappa shape index (κ1) is 13.1. The second-order valence-electron chi connectivity index (χ2n) is 5.43. The summed E-state index contributed by atoms with van der Waals surface area (Å²) in [7, 11) is 0. The predicted molar refractivity (Wildman–Crippen MR) is 68.4 cm³/mol. The highest BCUT2D eigenvalue weighted by Gasteiger charge is 2.39. The van der Waals surface area contributed by atoms with E-state index in [2.05, 4.69) is 0 Å². The zero-order chi connectivity index (χ0) is 13.3. The Morgan fingerprint density at radius 2 is 2.28 bits per heavy atom. The fraction of sp³-hybridized carbons (Fsp3) is 0.643. The highest BCUT2D eigenvalue weighted by molar-refractivity contribution is 5.92. The molecule has 0 spiro atoms. The molecule has 1 N–H and O–H groups in total. The average molecular weight is 251 g/mol. The molecule has 0 saturated carbocycles. The van der Waals surface area contributed by atoms with E-state index in [9.17, 15) is 9.90 Å². The second kappa shape index (κ2) is 4.76. The Morgan fingerprint density at radius 1 is 1.56 bits per heavy atom. The van der Waals surface area contributed by atoms with Crippen LogP contribution in [0.1, 0.15) is 49.9 Å². The molecule has 18 heavy (non-hydrogen) atoms. The number of aliphatic hydroxyl groups is 1. The summed E-state index contributed by atoms with van der Waals surface area (Å²) in [4.78, 5) is 14.1. The van der Waals surface area contributed by atoms with Gasteiger partial charge in [0.25, 0.3) is 5.91 Å². The minimum absolute atomic E-state index is 0.112. The lowest BCUT2D eigenvalue weighted by Crippen LogP contribution is -2.48. The van der Waals surface area contributed by atoms with Crippen molar-refractivity contribution in [3.05, 3.63) is 23.7 Å². The van der Waals surface area contributed by atoms with E-state index in [-0.39, 0.29) is 11.9 Å². The van der Waals surface area contributed by atoms with E-state index in [1.54, 1.807) is 24.8 Å². The van der Waals surface area contributed by atoms with Crippen LogP contribution in [0.15, 0.2) is 16.5 Å². The van der Waals surface area contributed by atoms with Crippen LogP contribution >= 0.6 is 0 Å². The minimum atomic E-state index is -0.869. The lowest BCUT2D eigenvalue weighted by Gasteiger charge is -2.33. The molecule has 1 aromatic rings. The van der Waals surface area contributed by atoms with Gasteiger partial charge in [-0.3, -0.25) is 4.79 Å². The number of nitrogens with zero attached hydrogens (tertiary/aromatic N) is 1. The summed E-state index contributed by atoms with van der Waals surface area (Å²) in [6.07, 6.45) is 2.56. The summed E-state index contributed by atoms with van der Waals surface area (Å²) in [5, 5.41) is 10.1. The fourth-order valence-electron chi connectivity index (χ4n) is 2.57. The van der Waals surface area contributed by atoms with Gasteiger partial charge in [0.15, 0.2) is 5.76 Å². The molecular weight excluding hydrogens is 230 g/mol. The number of likely N-dealkylation sites (tertiary alicyclic amines) is 1. The van der Waals surface area contributed by atoms with Crippen LogP contribution in [0.4, 0.5) is 0 Å². The molecule has 4 nitrogen and oxygen atoms in total. The minimum Gasteiger partial charge on any atom is -0.456 e. The first-order valence-corrected chi connectivity index (χ1v) is 6.55. The highest BCUT2D eigenvalue weighted by Crippen LogP contribution is 2.28. The van der Waals surface area contributed by atoms with Gasteiger partial charge >= 0.3 is 0 Å². The first-order chi connectivity index (χ1) is 8.43. The van der Waals surface area contributed by atoms with E-state index in [0.29, 0.717) is 12.3 Å². The van der Waals surface area contributed by atoms with E-state index < -0.39 is 5.60 Å². The Labute approximate surface area is 108 Å². The van der Waals surface area contributed by atoms with Gasteiger partial charge < -0.3 is 14.4 Å². The van der Waals surface area contributed by atoms with E-state index in [0.717, 1.165) is 25.0 Å². The molecule has 4 heteroatoms. The Balaban J connectivity index is 2.18. The molecule has 1 saturated heterocycles. The van der Waals surface area contributed by atoms with Gasteiger partial charge in [-0.15, -0.1) is 0 Å². The number of amides is 1. The van der Waals surface area contributed by atoms with Gasteiger partial charge in [-0.25, -0.2) is 0 Å². The van der Waals surface area contributed by atoms with Crippen LogP contribution in [-0.2, 0) is 6.42 Å². The normalized spacial score (nSPS) is 20.4. The molecule has 1 atom stereocenters. The Hall–Kier alpha value is -1.29. The fourth-order valence-corrected chi connectivity index (χ4v) is 2.57. The molecule has 1 fully saturated rings. The Kier molecular flexibility index (Phi) is 3.48. The number of hydrogen-bond donors (Lipinski definition) is 1. The van der Waals surface area contributed by atoms with Gasteiger partial charge in [-0.1, -0.05) is 6.92 Å². The van der Waals surface area contributed by atoms with Crippen molar-refractivity contribution in [1.29, 1.82) is 0 Å². The number of aryl methyl sites for hydroxylation is 1. The predicted octanol–water partition coefficient (Wildman–Crippen LogP) is 2.22. The van der Waals surface area contributed by atoms with Crippen LogP contribution in [0.25, 0.3) is 0 Å². The highest BCUT2D eigenvalue weighted by atomic mass is 16.4. The van der Waals surface area contributed by atoms with Crippen molar-refractivity contribution in [2.24, 2.45) is 0 Å². The van der Waals surface area contributed by atoms with Gasteiger partial charge in [-0.05, 0) is 38.8 Å². The van der Waals surface area contributed by atoms with Crippen LogP contribution in [0.3, 0.4) is 0 Å². The van der Waals surface area contributed by atoms with Crippen LogP contribution in [0, 0.1) is 0 Å². The summed E-state index contributed by atoms with van der Waals surface area (Å²) in [6.45, 7) is 6.18. The van der Waals surface area contributed by atoms with Crippen LogP contribution < -0.4 is 0 Å². The molecule has 0 bridgehead atoms. The molecule has 1 unspecified atom stereocenters. The number of furan rings is 1. The third-order valence-electron chi connectivity index (χ3n) is 3.55. The number of hydrogen-bond acceptors (Lipinski definition) is 3. The standard InChI is InChI=1S/C14H21NO3/c1-4-10-7-8-11(18-10)13(16)15-9-5-6-12(15)14(2,3)17/h7-8,12,17H,4-6,9H2,1-3H3. The van der Waals surface area contributed by atoms with E-state index in [1.165, 1.54) is 0 Å². The van der Waals surface area contributed by atoms with Crippen molar-refractivity contribution >= 4 is 5.91 Å². The maximum atomic E-state index is 12.4. The SMILES string of the molecule is CCc1ccc(C(=O)N2CCCC2C(C)(C)O)o1. The third kappa shape index (κ3) is 2.43. The lowest BCUT2D eigenvalue weighted by molar-refractivity contribution is -0.000804. The quantitative estimate of drug-likeness (QED) is 0.896. The van der Waals surface area contributed by atoms with Gasteiger partial charge in [0.2, 0.25) is 0 Å². The van der Waals surface area contributed by atoms with Crippen LogP contribution in [0.2, 0.25) is 0 Å². The number of carbonyl (C=O) groups excluding carboxylic acids is 1. The molecule has 2 heterocycles. The third-order valence-corrected chi connectivity index (χ3v) is 3.55. The molecule has 100 valence electrons. The molecule has 0 aliphatic carbocycles. The zero-order valence-electron chi connectivity index (χ0n) is 11.3. The first-order valence-electron chi connectivity index (χ1n) is 6.55. The molecule has 1 aromatic heterocycles. The van der Waals surface area contributed by atoms with E-state index in [4.69, 9.17) is 4.42 Å². The summed E-state index contributed by atoms with van der Waals surface area (Å²) in [6, 6.07) is 3.43. The van der Waals surface area contributed by atoms with Crippen molar-refractivity contribution in [1.82, 2.24) is 4.90 Å². The molecule has 0 aromatic carbocycles. The van der Waals surface area contributed by atoms with Crippen molar-refractivity contribution in [3.8, 4) is 0 Å². The van der Waals surface area contributed by atoms with Gasteiger partial charge in [-0.2, -0.15) is 0 Å². The van der Waals surface area contributed by atoms with Gasteiger partial charge in [0, 0.05) is 13.0 Å². The number of rotatable bonds is 3. The van der Waals surface area contributed by atoms with Crippen molar-refractivity contribution in [3.63, 3.8) is 0 Å². The maximum Gasteiger partial charge on any atom is 0.289 e. The molecule has 1 amide bonds. The van der Waals surface area contributed by atoms with Crippen molar-refractivity contribution in [2.75, 3.05) is 6.54 Å². The van der Waals surface area contributed by atoms with Gasteiger partial charge in [0.05, 0.1) is 11.6 Å². The molecule has 2 rings (SSSR count). The zero-order valence-corrected chi connectivity index (χ0v) is 11.3. The van der Waals surface area contributed by atoms with E-state index in [1.807, 2.05) is 13.0 Å². The van der Waals surface area contributed by atoms with Crippen molar-refractivity contribution in [2.45, 2.75) is 51.7 Å². The Bertz CT molecular complexity index is 430. The largest absolute Gasteiger partial charge is 0.456 e. The topological polar surface area (TPSA) is 53.7 Å². The van der Waals surface area contributed by atoms with Crippen LogP contribution in [-0.4, -0.2) is 34.1 Å². The second-order valence-corrected chi connectivity index (χ2v) is 5.43. The molecular formula is C14H21NO3. The smallest absolute Gasteiger partial charge is 0.289 e. The molecule has 1 aliphatic rings. The monoisotopic (exact) mass is 251 g/mol. The maximum absolute atomic E-state index is 12.4. The average Bonchev–Trinajstić information content (AvgIpc) is 2.96. The lowest BCUT2D eigenvalue weighted by atomic mass is 9.96. The summed E-state index contributed by atoms with van der Waals surface area (Å²) < 4.78 is 5.50. The van der Waals surface area contributed by atoms with Crippen LogP contribution in [0.5, 0.6) is 0 Å². The number of carbonyl (C=O) groups is 1. The van der Waals surface area contributed by atoms with E-state index >= 15 is 0 Å². The molecule has 0 radical (unpaired) electrons. The summed E-state index contributed by atoms with van der Waals surface area (Å²) >= 11 is 0. The molecule has 1 aliphatic heterocycles. The van der Waals surface area contributed by atoms with Crippen molar-refractivity contribution < 1.29 is 14.3 Å². The summed E-state index contributed by atoms with van der Waals surface area (Å²) in [5.74, 6) is 1.08. The summed E-state index contributed by atoms with van der Waals surface area (Å²) in [5.41, 5.74) is -0.869. The Morgan fingerprint density at radius 3 is 2.83 bits per heavy atom.